The zero-order valence-corrected chi connectivity index (χ0v) is 9.39. The van der Waals surface area contributed by atoms with Crippen LogP contribution in [0.15, 0.2) is 24.5 Å². The first-order chi connectivity index (χ1) is 8.22. The first kappa shape index (κ1) is 11.1. The molecule has 6 heteroatoms. The summed E-state index contributed by atoms with van der Waals surface area (Å²) >= 11 is 6.02. The Balaban J connectivity index is 2.25. The van der Waals surface area contributed by atoms with E-state index >= 15 is 0 Å². The lowest BCUT2D eigenvalue weighted by atomic mass is 10.1. The summed E-state index contributed by atoms with van der Waals surface area (Å²) in [6.45, 7) is 0.416. The van der Waals surface area contributed by atoms with E-state index in [1.165, 1.54) is 11.0 Å². The molecule has 0 radical (unpaired) electrons. The SMILES string of the molecule is N#Cc1ccc(Cn2cnc(C#N)n2)c(Cl)c1. The number of rotatable bonds is 2. The number of hydrogen-bond donors (Lipinski definition) is 0. The molecule has 0 aliphatic carbocycles. The van der Waals surface area contributed by atoms with Crippen molar-refractivity contribution >= 4 is 11.6 Å². The average molecular weight is 244 g/mol. The molecule has 0 fully saturated rings. The lowest BCUT2D eigenvalue weighted by molar-refractivity contribution is 0.682. The lowest BCUT2D eigenvalue weighted by Gasteiger charge is -2.03. The molecular formula is C11H6ClN5. The van der Waals surface area contributed by atoms with E-state index in [2.05, 4.69) is 10.1 Å². The highest BCUT2D eigenvalue weighted by Gasteiger charge is 2.05. The van der Waals surface area contributed by atoms with Crippen molar-refractivity contribution in [2.24, 2.45) is 0 Å². The van der Waals surface area contributed by atoms with Crippen molar-refractivity contribution < 1.29 is 0 Å². The maximum atomic E-state index is 8.71. The number of halogens is 1. The van der Waals surface area contributed by atoms with E-state index in [9.17, 15) is 0 Å². The fraction of sp³-hybridized carbons (Fsp3) is 0.0909. The van der Waals surface area contributed by atoms with Crippen LogP contribution in [-0.4, -0.2) is 14.8 Å². The van der Waals surface area contributed by atoms with Crippen molar-refractivity contribution in [3.05, 3.63) is 46.5 Å². The van der Waals surface area contributed by atoms with E-state index in [4.69, 9.17) is 22.1 Å². The molecule has 1 aromatic carbocycles. The Morgan fingerprint density at radius 3 is 2.71 bits per heavy atom. The molecule has 0 bridgehead atoms. The van der Waals surface area contributed by atoms with Gasteiger partial charge in [-0.2, -0.15) is 10.5 Å². The molecule has 0 N–H and O–H groups in total. The molecule has 0 amide bonds. The number of nitriles is 2. The van der Waals surface area contributed by atoms with Gasteiger partial charge in [0.1, 0.15) is 12.4 Å². The summed E-state index contributed by atoms with van der Waals surface area (Å²) in [4.78, 5) is 3.79. The second-order valence-corrected chi connectivity index (χ2v) is 3.70. The van der Waals surface area contributed by atoms with E-state index in [1.807, 2.05) is 12.1 Å². The maximum absolute atomic E-state index is 8.71. The molecule has 1 aromatic heterocycles. The van der Waals surface area contributed by atoms with E-state index in [0.29, 0.717) is 17.1 Å². The second-order valence-electron chi connectivity index (χ2n) is 3.30. The quantitative estimate of drug-likeness (QED) is 0.805. The molecule has 0 saturated carbocycles. The third-order valence-electron chi connectivity index (χ3n) is 2.15. The Bertz CT molecular complexity index is 632. The van der Waals surface area contributed by atoms with Gasteiger partial charge in [0.2, 0.25) is 0 Å². The van der Waals surface area contributed by atoms with Gasteiger partial charge in [-0.25, -0.2) is 9.67 Å². The Labute approximate surface area is 102 Å². The van der Waals surface area contributed by atoms with Gasteiger partial charge in [-0.05, 0) is 17.7 Å². The molecule has 0 atom stereocenters. The van der Waals surface area contributed by atoms with Gasteiger partial charge in [-0.3, -0.25) is 0 Å². The Morgan fingerprint density at radius 2 is 2.12 bits per heavy atom. The zero-order valence-electron chi connectivity index (χ0n) is 8.63. The van der Waals surface area contributed by atoms with E-state index in [0.717, 1.165) is 5.56 Å². The summed E-state index contributed by atoms with van der Waals surface area (Å²) < 4.78 is 1.52. The van der Waals surface area contributed by atoms with Crippen molar-refractivity contribution in [3.8, 4) is 12.1 Å². The minimum atomic E-state index is 0.120. The highest BCUT2D eigenvalue weighted by Crippen LogP contribution is 2.18. The predicted octanol–water partition coefficient (Wildman–Crippen LogP) is 1.72. The fourth-order valence-corrected chi connectivity index (χ4v) is 1.58. The highest BCUT2D eigenvalue weighted by molar-refractivity contribution is 6.31. The van der Waals surface area contributed by atoms with Crippen LogP contribution < -0.4 is 0 Å². The van der Waals surface area contributed by atoms with Gasteiger partial charge in [-0.1, -0.05) is 17.7 Å². The summed E-state index contributed by atoms with van der Waals surface area (Å²) in [7, 11) is 0. The predicted molar refractivity (Wildman–Crippen MR) is 60.0 cm³/mol. The molecule has 82 valence electrons. The van der Waals surface area contributed by atoms with Crippen molar-refractivity contribution in [2.75, 3.05) is 0 Å². The van der Waals surface area contributed by atoms with Gasteiger partial charge in [0, 0.05) is 5.02 Å². The normalized spacial score (nSPS) is 9.59. The largest absolute Gasteiger partial charge is 0.252 e. The van der Waals surface area contributed by atoms with Crippen LogP contribution in [0, 0.1) is 22.7 Å². The number of nitrogens with zero attached hydrogens (tertiary/aromatic N) is 5. The summed E-state index contributed by atoms with van der Waals surface area (Å²) in [5, 5.41) is 21.7. The van der Waals surface area contributed by atoms with E-state index in [1.54, 1.807) is 18.2 Å². The van der Waals surface area contributed by atoms with Gasteiger partial charge in [0.05, 0.1) is 18.2 Å². The lowest BCUT2D eigenvalue weighted by Crippen LogP contribution is -2.01. The number of hydrogen-bond acceptors (Lipinski definition) is 4. The number of aromatic nitrogens is 3. The topological polar surface area (TPSA) is 78.3 Å². The summed E-state index contributed by atoms with van der Waals surface area (Å²) in [5.41, 5.74) is 1.33. The smallest absolute Gasteiger partial charge is 0.247 e. The number of benzene rings is 1. The Hall–Kier alpha value is -2.37. The third kappa shape index (κ3) is 2.41. The van der Waals surface area contributed by atoms with E-state index < -0.39 is 0 Å². The van der Waals surface area contributed by atoms with Crippen LogP contribution in [0.1, 0.15) is 17.0 Å². The van der Waals surface area contributed by atoms with Crippen LogP contribution in [0.25, 0.3) is 0 Å². The summed E-state index contributed by atoms with van der Waals surface area (Å²) in [6.07, 6.45) is 1.47. The Morgan fingerprint density at radius 1 is 1.29 bits per heavy atom. The second kappa shape index (κ2) is 4.65. The first-order valence-corrected chi connectivity index (χ1v) is 5.09. The highest BCUT2D eigenvalue weighted by atomic mass is 35.5. The summed E-state index contributed by atoms with van der Waals surface area (Å²) in [6, 6.07) is 8.90. The molecule has 0 saturated heterocycles. The first-order valence-electron chi connectivity index (χ1n) is 4.71. The average Bonchev–Trinajstić information content (AvgIpc) is 2.79. The van der Waals surface area contributed by atoms with Crippen LogP contribution in [-0.2, 0) is 6.54 Å². The molecule has 0 aliphatic heterocycles. The fourth-order valence-electron chi connectivity index (χ4n) is 1.34. The maximum Gasteiger partial charge on any atom is 0.252 e. The van der Waals surface area contributed by atoms with Crippen molar-refractivity contribution in [1.82, 2.24) is 14.8 Å². The van der Waals surface area contributed by atoms with Crippen LogP contribution in [0.4, 0.5) is 0 Å². The van der Waals surface area contributed by atoms with Gasteiger partial charge < -0.3 is 0 Å². The van der Waals surface area contributed by atoms with Crippen LogP contribution >= 0.6 is 11.6 Å². The minimum absolute atomic E-state index is 0.120. The van der Waals surface area contributed by atoms with Gasteiger partial charge in [-0.15, -0.1) is 5.10 Å². The van der Waals surface area contributed by atoms with Crippen LogP contribution in [0.5, 0.6) is 0 Å². The van der Waals surface area contributed by atoms with Gasteiger partial charge in [0.15, 0.2) is 0 Å². The summed E-state index contributed by atoms with van der Waals surface area (Å²) in [5.74, 6) is 0.120. The van der Waals surface area contributed by atoms with Crippen LogP contribution in [0.2, 0.25) is 5.02 Å². The van der Waals surface area contributed by atoms with Crippen molar-refractivity contribution in [1.29, 1.82) is 10.5 Å². The molecule has 0 unspecified atom stereocenters. The van der Waals surface area contributed by atoms with E-state index in [-0.39, 0.29) is 5.82 Å². The molecular weight excluding hydrogens is 238 g/mol. The molecule has 1 heterocycles. The van der Waals surface area contributed by atoms with Gasteiger partial charge in [0.25, 0.3) is 5.82 Å². The Kier molecular flexibility index (Phi) is 3.04. The monoisotopic (exact) mass is 243 g/mol. The molecule has 2 aromatic rings. The molecule has 0 spiro atoms. The molecule has 5 nitrogen and oxygen atoms in total. The molecule has 0 aliphatic rings. The molecule has 17 heavy (non-hydrogen) atoms. The van der Waals surface area contributed by atoms with Gasteiger partial charge >= 0.3 is 0 Å². The minimum Gasteiger partial charge on any atom is -0.247 e. The van der Waals surface area contributed by atoms with Crippen LogP contribution in [0.3, 0.4) is 0 Å². The third-order valence-corrected chi connectivity index (χ3v) is 2.50. The molecule has 2 rings (SSSR count). The van der Waals surface area contributed by atoms with Crippen molar-refractivity contribution in [3.63, 3.8) is 0 Å². The zero-order chi connectivity index (χ0) is 12.3. The standard InChI is InChI=1S/C11H6ClN5/c12-10-3-8(4-13)1-2-9(10)6-17-7-15-11(5-14)16-17/h1-3,7H,6H2. The van der Waals surface area contributed by atoms with Crippen molar-refractivity contribution in [2.45, 2.75) is 6.54 Å².